The Morgan fingerprint density at radius 2 is 1.71 bits per heavy atom. The van der Waals surface area contributed by atoms with Gasteiger partial charge in [0.1, 0.15) is 5.60 Å². The third-order valence-electron chi connectivity index (χ3n) is 1.45. The molecule has 0 bridgehead atoms. The zero-order chi connectivity index (χ0) is 11.5. The maximum absolute atomic E-state index is 10.2. The Bertz CT molecular complexity index is 271. The molecule has 0 saturated heterocycles. The van der Waals surface area contributed by atoms with Gasteiger partial charge in [-0.1, -0.05) is 0 Å². The van der Waals surface area contributed by atoms with E-state index in [9.17, 15) is 24.6 Å². The average molecular weight is 206 g/mol. The van der Waals surface area contributed by atoms with E-state index in [0.29, 0.717) is 0 Å². The van der Waals surface area contributed by atoms with Crippen molar-refractivity contribution < 1.29 is 39.9 Å². The minimum Gasteiger partial charge on any atom is -0.550 e. The molecule has 0 rings (SSSR count). The van der Waals surface area contributed by atoms with Gasteiger partial charge in [-0.25, -0.2) is 4.79 Å². The molecule has 0 fully saturated rings. The van der Waals surface area contributed by atoms with E-state index in [0.717, 1.165) is 0 Å². The molecule has 0 aliphatic heterocycles. The standard InChI is InChI=1S/C6H8O8/c7-2(8)1-6(14,5(12)13)3(9)4(10)11/h3,9,14H,1H2,(H,7,8)(H,10,11)(H,12,13)/p-2. The summed E-state index contributed by atoms with van der Waals surface area (Å²) in [6.45, 7) is 0. The van der Waals surface area contributed by atoms with E-state index in [1.165, 1.54) is 0 Å². The molecule has 2 unspecified atom stereocenters. The first-order valence-electron chi connectivity index (χ1n) is 3.26. The normalized spacial score (nSPS) is 16.7. The van der Waals surface area contributed by atoms with Gasteiger partial charge in [0.05, 0.1) is 5.97 Å². The number of aliphatic hydroxyl groups is 2. The molecule has 0 spiro atoms. The molecular formula is C6H6O8-2. The van der Waals surface area contributed by atoms with Crippen molar-refractivity contribution in [1.29, 1.82) is 0 Å². The SMILES string of the molecule is O=C([O-])CC(O)(C(=O)[O-])C(O)C(=O)O. The van der Waals surface area contributed by atoms with Gasteiger partial charge in [0.25, 0.3) is 0 Å². The Morgan fingerprint density at radius 1 is 1.29 bits per heavy atom. The largest absolute Gasteiger partial charge is 0.550 e. The summed E-state index contributed by atoms with van der Waals surface area (Å²) in [7, 11) is 0. The van der Waals surface area contributed by atoms with Crippen molar-refractivity contribution in [3.05, 3.63) is 0 Å². The Kier molecular flexibility index (Phi) is 3.55. The van der Waals surface area contributed by atoms with Crippen molar-refractivity contribution in [3.63, 3.8) is 0 Å². The van der Waals surface area contributed by atoms with Crippen molar-refractivity contribution in [2.75, 3.05) is 0 Å². The fourth-order valence-electron chi connectivity index (χ4n) is 0.705. The predicted molar refractivity (Wildman–Crippen MR) is 33.2 cm³/mol. The summed E-state index contributed by atoms with van der Waals surface area (Å²) in [5, 5.41) is 46.1. The van der Waals surface area contributed by atoms with Gasteiger partial charge in [-0.3, -0.25) is 0 Å². The zero-order valence-corrected chi connectivity index (χ0v) is 6.67. The van der Waals surface area contributed by atoms with Crippen molar-refractivity contribution in [3.8, 4) is 0 Å². The summed E-state index contributed by atoms with van der Waals surface area (Å²) in [6, 6.07) is 0. The van der Waals surface area contributed by atoms with Crippen LogP contribution in [0.2, 0.25) is 0 Å². The van der Waals surface area contributed by atoms with Gasteiger partial charge in [-0.2, -0.15) is 0 Å². The zero-order valence-electron chi connectivity index (χ0n) is 6.67. The maximum Gasteiger partial charge on any atom is 0.336 e. The Balaban J connectivity index is 4.99. The second kappa shape index (κ2) is 4.03. The monoisotopic (exact) mass is 206 g/mol. The van der Waals surface area contributed by atoms with Crippen molar-refractivity contribution in [1.82, 2.24) is 0 Å². The molecule has 0 amide bonds. The molecule has 80 valence electrons. The molecule has 2 atom stereocenters. The number of carbonyl (C=O) groups excluding carboxylic acids is 2. The highest BCUT2D eigenvalue weighted by Gasteiger charge is 2.42. The van der Waals surface area contributed by atoms with Gasteiger partial charge >= 0.3 is 5.97 Å². The van der Waals surface area contributed by atoms with Crippen LogP contribution in [-0.2, 0) is 14.4 Å². The molecule has 8 nitrogen and oxygen atoms in total. The van der Waals surface area contributed by atoms with Crippen LogP contribution in [0.15, 0.2) is 0 Å². The molecule has 0 saturated carbocycles. The van der Waals surface area contributed by atoms with Crippen LogP contribution < -0.4 is 10.2 Å². The lowest BCUT2D eigenvalue weighted by molar-refractivity contribution is -0.338. The molecule has 0 aromatic rings. The predicted octanol–water partition coefficient (Wildman–Crippen LogP) is -4.95. The number of aliphatic hydroxyl groups excluding tert-OH is 1. The van der Waals surface area contributed by atoms with Crippen LogP contribution in [-0.4, -0.2) is 44.9 Å². The minimum atomic E-state index is -3.40. The summed E-state index contributed by atoms with van der Waals surface area (Å²) >= 11 is 0. The highest BCUT2D eigenvalue weighted by Crippen LogP contribution is 2.14. The molecule has 3 N–H and O–H groups in total. The number of hydrogen-bond acceptors (Lipinski definition) is 7. The summed E-state index contributed by atoms with van der Waals surface area (Å²) in [6.07, 6.45) is -4.38. The maximum atomic E-state index is 10.2. The molecule has 0 aliphatic rings. The van der Waals surface area contributed by atoms with E-state index in [4.69, 9.17) is 15.3 Å². The van der Waals surface area contributed by atoms with Crippen LogP contribution in [0, 0.1) is 0 Å². The molecule has 8 heteroatoms. The first-order chi connectivity index (χ1) is 6.21. The van der Waals surface area contributed by atoms with E-state index >= 15 is 0 Å². The van der Waals surface area contributed by atoms with Crippen molar-refractivity contribution in [2.45, 2.75) is 18.1 Å². The Labute approximate surface area is 77.0 Å². The highest BCUT2D eigenvalue weighted by molar-refractivity contribution is 5.89. The van der Waals surface area contributed by atoms with Gasteiger partial charge in [0.15, 0.2) is 6.10 Å². The van der Waals surface area contributed by atoms with Gasteiger partial charge in [-0.15, -0.1) is 0 Å². The summed E-state index contributed by atoms with van der Waals surface area (Å²) in [5.74, 6) is -6.52. The van der Waals surface area contributed by atoms with Crippen molar-refractivity contribution in [2.24, 2.45) is 0 Å². The van der Waals surface area contributed by atoms with Crippen LogP contribution in [0.5, 0.6) is 0 Å². The van der Waals surface area contributed by atoms with Gasteiger partial charge in [0, 0.05) is 12.4 Å². The summed E-state index contributed by atoms with van der Waals surface area (Å²) in [5.41, 5.74) is -3.40. The van der Waals surface area contributed by atoms with E-state index in [-0.39, 0.29) is 0 Å². The fraction of sp³-hybridized carbons (Fsp3) is 0.500. The van der Waals surface area contributed by atoms with Gasteiger partial charge in [0.2, 0.25) is 0 Å². The average Bonchev–Trinajstić information content (AvgIpc) is 2.00. The third-order valence-corrected chi connectivity index (χ3v) is 1.45. The molecular weight excluding hydrogens is 200 g/mol. The van der Waals surface area contributed by atoms with Crippen LogP contribution >= 0.6 is 0 Å². The number of carboxylic acid groups (broad SMARTS) is 3. The smallest absolute Gasteiger partial charge is 0.336 e. The quantitative estimate of drug-likeness (QED) is 0.403. The number of aliphatic carboxylic acids is 3. The van der Waals surface area contributed by atoms with Gasteiger partial charge < -0.3 is 35.1 Å². The first-order valence-corrected chi connectivity index (χ1v) is 3.26. The second-order valence-electron chi connectivity index (χ2n) is 2.50. The number of hydrogen-bond donors (Lipinski definition) is 3. The summed E-state index contributed by atoms with van der Waals surface area (Å²) in [4.78, 5) is 30.3. The summed E-state index contributed by atoms with van der Waals surface area (Å²) < 4.78 is 0. The Hall–Kier alpha value is -1.67. The van der Waals surface area contributed by atoms with Crippen LogP contribution in [0.1, 0.15) is 6.42 Å². The molecule has 14 heavy (non-hydrogen) atoms. The highest BCUT2D eigenvalue weighted by atomic mass is 16.4. The molecule has 0 heterocycles. The second-order valence-corrected chi connectivity index (χ2v) is 2.50. The van der Waals surface area contributed by atoms with Crippen LogP contribution in [0.4, 0.5) is 0 Å². The van der Waals surface area contributed by atoms with E-state index in [1.807, 2.05) is 0 Å². The first kappa shape index (κ1) is 12.3. The minimum absolute atomic E-state index is 1.58. The molecule has 0 aromatic carbocycles. The topological polar surface area (TPSA) is 158 Å². The fourth-order valence-corrected chi connectivity index (χ4v) is 0.705. The Morgan fingerprint density at radius 3 is 1.93 bits per heavy atom. The van der Waals surface area contributed by atoms with Gasteiger partial charge in [-0.05, 0) is 0 Å². The molecule has 0 aromatic heterocycles. The van der Waals surface area contributed by atoms with Crippen LogP contribution in [0.3, 0.4) is 0 Å². The third kappa shape index (κ3) is 2.41. The molecule has 0 radical (unpaired) electrons. The number of rotatable bonds is 5. The number of carboxylic acids is 3. The molecule has 0 aliphatic carbocycles. The van der Waals surface area contributed by atoms with E-state index < -0.39 is 36.0 Å². The lowest BCUT2D eigenvalue weighted by Gasteiger charge is -2.31. The lowest BCUT2D eigenvalue weighted by atomic mass is 9.93. The van der Waals surface area contributed by atoms with E-state index in [2.05, 4.69) is 0 Å². The van der Waals surface area contributed by atoms with Crippen molar-refractivity contribution >= 4 is 17.9 Å². The van der Waals surface area contributed by atoms with Crippen LogP contribution in [0.25, 0.3) is 0 Å². The van der Waals surface area contributed by atoms with E-state index in [1.54, 1.807) is 0 Å². The number of carbonyl (C=O) groups is 3. The lowest BCUT2D eigenvalue weighted by Crippen LogP contribution is -2.60.